The molecular formula is C13H12Cl2N4O. The number of hydrogen-bond acceptors (Lipinski definition) is 4. The maximum Gasteiger partial charge on any atom is 0.225 e. The van der Waals surface area contributed by atoms with E-state index in [0.29, 0.717) is 24.0 Å². The first-order chi connectivity index (χ1) is 9.44. The molecule has 5 nitrogen and oxygen atoms in total. The molecule has 3 rings (SSSR count). The highest BCUT2D eigenvalue weighted by atomic mass is 35.5. The van der Waals surface area contributed by atoms with Crippen molar-refractivity contribution >= 4 is 34.4 Å². The van der Waals surface area contributed by atoms with E-state index in [1.54, 1.807) is 6.33 Å². The van der Waals surface area contributed by atoms with Gasteiger partial charge in [0.25, 0.3) is 0 Å². The summed E-state index contributed by atoms with van der Waals surface area (Å²) in [5.41, 5.74) is 0.523. The molecule has 2 heterocycles. The van der Waals surface area contributed by atoms with Crippen LogP contribution in [-0.4, -0.2) is 30.7 Å². The van der Waals surface area contributed by atoms with Crippen LogP contribution in [0.15, 0.2) is 6.33 Å². The molecule has 2 aromatic rings. The van der Waals surface area contributed by atoms with Crippen LogP contribution in [0, 0.1) is 17.8 Å². The standard InChI is InChI=1S/C13H12Cl2N4O/c1-3-13(2)5-7(4-8(13)20)19-6-16-9-10(14)17-12(15)18-11(9)19/h1,6-8,20H,4-5H2,2H3/t7-,8-,13+/m0/s1. The van der Waals surface area contributed by atoms with E-state index in [1.165, 1.54) is 0 Å². The topological polar surface area (TPSA) is 63.8 Å². The Morgan fingerprint density at radius 3 is 2.90 bits per heavy atom. The van der Waals surface area contributed by atoms with Crippen LogP contribution in [0.1, 0.15) is 25.8 Å². The molecule has 0 saturated heterocycles. The van der Waals surface area contributed by atoms with E-state index in [1.807, 2.05) is 11.5 Å². The zero-order valence-electron chi connectivity index (χ0n) is 10.7. The molecule has 0 spiro atoms. The van der Waals surface area contributed by atoms with E-state index in [2.05, 4.69) is 20.9 Å². The molecule has 20 heavy (non-hydrogen) atoms. The maximum atomic E-state index is 10.1. The summed E-state index contributed by atoms with van der Waals surface area (Å²) in [4.78, 5) is 12.3. The predicted octanol–water partition coefficient (Wildman–Crippen LogP) is 2.47. The van der Waals surface area contributed by atoms with Gasteiger partial charge in [-0.1, -0.05) is 17.5 Å². The van der Waals surface area contributed by atoms with E-state index in [-0.39, 0.29) is 16.5 Å². The second-order valence-corrected chi connectivity index (χ2v) is 5.97. The molecule has 1 aliphatic rings. The average Bonchev–Trinajstić information content (AvgIpc) is 2.92. The Balaban J connectivity index is 2.07. The largest absolute Gasteiger partial charge is 0.391 e. The molecule has 0 radical (unpaired) electrons. The second kappa shape index (κ2) is 4.59. The van der Waals surface area contributed by atoms with Gasteiger partial charge in [-0.2, -0.15) is 4.98 Å². The van der Waals surface area contributed by atoms with Crippen LogP contribution >= 0.6 is 23.2 Å². The van der Waals surface area contributed by atoms with Crippen LogP contribution in [0.5, 0.6) is 0 Å². The average molecular weight is 311 g/mol. The first kappa shape index (κ1) is 13.6. The summed E-state index contributed by atoms with van der Waals surface area (Å²) in [7, 11) is 0. The normalized spacial score (nSPS) is 29.8. The van der Waals surface area contributed by atoms with Gasteiger partial charge in [0.1, 0.15) is 5.52 Å². The molecular weight excluding hydrogens is 299 g/mol. The van der Waals surface area contributed by atoms with Crippen LogP contribution in [0.4, 0.5) is 0 Å². The molecule has 1 fully saturated rings. The lowest BCUT2D eigenvalue weighted by Crippen LogP contribution is -2.23. The molecule has 0 bridgehead atoms. The third-order valence-electron chi connectivity index (χ3n) is 3.97. The fraction of sp³-hybridized carbons (Fsp3) is 0.462. The van der Waals surface area contributed by atoms with E-state index >= 15 is 0 Å². The van der Waals surface area contributed by atoms with Gasteiger partial charge in [-0.3, -0.25) is 0 Å². The highest BCUT2D eigenvalue weighted by molar-refractivity contribution is 6.35. The highest BCUT2D eigenvalue weighted by Gasteiger charge is 2.43. The summed E-state index contributed by atoms with van der Waals surface area (Å²) < 4.78 is 1.86. The van der Waals surface area contributed by atoms with Crippen LogP contribution in [0.3, 0.4) is 0 Å². The fourth-order valence-electron chi connectivity index (χ4n) is 2.72. The lowest BCUT2D eigenvalue weighted by molar-refractivity contribution is 0.104. The number of imidazole rings is 1. The molecule has 1 aliphatic carbocycles. The Morgan fingerprint density at radius 1 is 1.50 bits per heavy atom. The fourth-order valence-corrected chi connectivity index (χ4v) is 3.14. The monoisotopic (exact) mass is 310 g/mol. The minimum atomic E-state index is -0.553. The number of rotatable bonds is 1. The Kier molecular flexibility index (Phi) is 3.13. The van der Waals surface area contributed by atoms with Crippen LogP contribution in [0.2, 0.25) is 10.4 Å². The summed E-state index contributed by atoms with van der Waals surface area (Å²) >= 11 is 11.8. The van der Waals surface area contributed by atoms with Gasteiger partial charge in [0.2, 0.25) is 5.28 Å². The van der Waals surface area contributed by atoms with Gasteiger partial charge in [-0.05, 0) is 31.4 Å². The second-order valence-electron chi connectivity index (χ2n) is 5.28. The minimum absolute atomic E-state index is 0.0121. The molecule has 0 unspecified atom stereocenters. The van der Waals surface area contributed by atoms with Crippen molar-refractivity contribution in [2.75, 3.05) is 0 Å². The first-order valence-electron chi connectivity index (χ1n) is 6.16. The van der Waals surface area contributed by atoms with Gasteiger partial charge < -0.3 is 9.67 Å². The predicted molar refractivity (Wildman–Crippen MR) is 76.6 cm³/mol. The Bertz CT molecular complexity index is 723. The first-order valence-corrected chi connectivity index (χ1v) is 6.91. The third kappa shape index (κ3) is 1.96. The van der Waals surface area contributed by atoms with Crippen molar-refractivity contribution < 1.29 is 5.11 Å². The number of nitrogens with zero attached hydrogens (tertiary/aromatic N) is 4. The summed E-state index contributed by atoms with van der Waals surface area (Å²) in [5.74, 6) is 2.68. The zero-order chi connectivity index (χ0) is 14.5. The van der Waals surface area contributed by atoms with Crippen molar-refractivity contribution in [2.45, 2.75) is 31.9 Å². The molecule has 0 amide bonds. The maximum absolute atomic E-state index is 10.1. The number of halogens is 2. The van der Waals surface area contributed by atoms with E-state index in [0.717, 1.165) is 0 Å². The van der Waals surface area contributed by atoms with Gasteiger partial charge in [0.05, 0.1) is 17.8 Å². The van der Waals surface area contributed by atoms with Gasteiger partial charge in [-0.25, -0.2) is 9.97 Å². The summed E-state index contributed by atoms with van der Waals surface area (Å²) in [6.07, 6.45) is 7.81. The Labute approximate surface area is 126 Å². The molecule has 1 N–H and O–H groups in total. The third-order valence-corrected chi connectivity index (χ3v) is 4.40. The zero-order valence-corrected chi connectivity index (χ0v) is 12.2. The van der Waals surface area contributed by atoms with Gasteiger partial charge in [0.15, 0.2) is 10.8 Å². The SMILES string of the molecule is C#C[C@]1(C)C[C@@H](n2cnc3c(Cl)nc(Cl)nc32)C[C@@H]1O. The quantitative estimate of drug-likeness (QED) is 0.499. The lowest BCUT2D eigenvalue weighted by atomic mass is 9.88. The number of hydrogen-bond donors (Lipinski definition) is 1. The van der Waals surface area contributed by atoms with Crippen molar-refractivity contribution in [2.24, 2.45) is 5.41 Å². The molecule has 2 aromatic heterocycles. The van der Waals surface area contributed by atoms with Crippen molar-refractivity contribution in [1.82, 2.24) is 19.5 Å². The van der Waals surface area contributed by atoms with Crippen molar-refractivity contribution in [3.05, 3.63) is 16.8 Å². The number of aliphatic hydroxyl groups is 1. The van der Waals surface area contributed by atoms with Crippen LogP contribution in [-0.2, 0) is 0 Å². The summed E-state index contributed by atoms with van der Waals surface area (Å²) in [6, 6.07) is 0.0121. The number of fused-ring (bicyclic) bond motifs is 1. The van der Waals surface area contributed by atoms with E-state index in [9.17, 15) is 5.11 Å². The van der Waals surface area contributed by atoms with Crippen LogP contribution in [0.25, 0.3) is 11.2 Å². The minimum Gasteiger partial charge on any atom is -0.391 e. The van der Waals surface area contributed by atoms with Crippen molar-refractivity contribution in [3.8, 4) is 12.3 Å². The number of aliphatic hydroxyl groups excluding tert-OH is 1. The number of terminal acetylenes is 1. The smallest absolute Gasteiger partial charge is 0.225 e. The molecule has 104 valence electrons. The summed E-state index contributed by atoms with van der Waals surface area (Å²) in [6.45, 7) is 1.88. The molecule has 1 saturated carbocycles. The van der Waals surface area contributed by atoms with Gasteiger partial charge >= 0.3 is 0 Å². The Hall–Kier alpha value is -1.35. The molecule has 7 heteroatoms. The van der Waals surface area contributed by atoms with Crippen LogP contribution < -0.4 is 0 Å². The highest BCUT2D eigenvalue weighted by Crippen LogP contribution is 2.44. The molecule has 3 atom stereocenters. The van der Waals surface area contributed by atoms with Crippen molar-refractivity contribution in [1.29, 1.82) is 0 Å². The molecule has 0 aromatic carbocycles. The van der Waals surface area contributed by atoms with E-state index in [4.69, 9.17) is 29.6 Å². The van der Waals surface area contributed by atoms with E-state index < -0.39 is 11.5 Å². The lowest BCUT2D eigenvalue weighted by Gasteiger charge is -2.20. The van der Waals surface area contributed by atoms with Crippen molar-refractivity contribution in [3.63, 3.8) is 0 Å². The number of aromatic nitrogens is 4. The van der Waals surface area contributed by atoms with Gasteiger partial charge in [0, 0.05) is 6.04 Å². The Morgan fingerprint density at radius 2 is 2.25 bits per heavy atom. The van der Waals surface area contributed by atoms with Gasteiger partial charge in [-0.15, -0.1) is 6.42 Å². The molecule has 0 aliphatic heterocycles. The summed E-state index contributed by atoms with van der Waals surface area (Å²) in [5, 5.41) is 10.4.